The van der Waals surface area contributed by atoms with Crippen LogP contribution >= 0.6 is 11.6 Å². The molecule has 0 fully saturated rings. The molecule has 7 heteroatoms. The third-order valence-corrected chi connectivity index (χ3v) is 5.97. The van der Waals surface area contributed by atoms with Crippen LogP contribution in [0.15, 0.2) is 4.90 Å². The van der Waals surface area contributed by atoms with Crippen molar-refractivity contribution >= 4 is 21.6 Å². The van der Waals surface area contributed by atoms with Crippen molar-refractivity contribution in [2.24, 2.45) is 0 Å². The molecular formula is C13H24ClN3O2S. The Morgan fingerprint density at radius 3 is 2.50 bits per heavy atom. The van der Waals surface area contributed by atoms with Gasteiger partial charge in [-0.2, -0.15) is 9.40 Å². The third-order valence-electron chi connectivity index (χ3n) is 3.58. The van der Waals surface area contributed by atoms with E-state index in [2.05, 4.69) is 5.10 Å². The number of alkyl halides is 1. The largest absolute Gasteiger partial charge is 0.267 e. The van der Waals surface area contributed by atoms with Gasteiger partial charge < -0.3 is 0 Å². The summed E-state index contributed by atoms with van der Waals surface area (Å²) in [5.41, 5.74) is 1.18. The Balaban J connectivity index is 3.22. The van der Waals surface area contributed by atoms with Gasteiger partial charge in [0.05, 0.1) is 17.9 Å². The Kier molecular flexibility index (Phi) is 6.04. The van der Waals surface area contributed by atoms with Gasteiger partial charge in [0.2, 0.25) is 10.0 Å². The van der Waals surface area contributed by atoms with E-state index in [-0.39, 0.29) is 6.04 Å². The molecule has 0 radical (unpaired) electrons. The minimum absolute atomic E-state index is 0.0276. The average Bonchev–Trinajstić information content (AvgIpc) is 2.64. The van der Waals surface area contributed by atoms with Gasteiger partial charge in [-0.05, 0) is 27.2 Å². The van der Waals surface area contributed by atoms with Crippen molar-refractivity contribution in [2.75, 3.05) is 12.9 Å². The number of aromatic nitrogens is 2. The molecule has 116 valence electrons. The normalized spacial score (nSPS) is 13.9. The van der Waals surface area contributed by atoms with E-state index in [4.69, 9.17) is 11.6 Å². The van der Waals surface area contributed by atoms with Crippen LogP contribution in [0, 0.1) is 13.8 Å². The van der Waals surface area contributed by atoms with E-state index < -0.39 is 10.0 Å². The van der Waals surface area contributed by atoms with Gasteiger partial charge in [-0.15, -0.1) is 11.6 Å². The Morgan fingerprint density at radius 2 is 2.00 bits per heavy atom. The molecule has 0 amide bonds. The van der Waals surface area contributed by atoms with E-state index in [1.807, 2.05) is 13.8 Å². The lowest BCUT2D eigenvalue weighted by atomic mass is 10.2. The number of sulfonamides is 1. The minimum Gasteiger partial charge on any atom is -0.267 e. The Hall–Kier alpha value is -0.590. The van der Waals surface area contributed by atoms with Crippen LogP contribution in [0.3, 0.4) is 0 Å². The molecule has 0 N–H and O–H groups in total. The zero-order valence-electron chi connectivity index (χ0n) is 12.9. The van der Waals surface area contributed by atoms with Crippen LogP contribution < -0.4 is 0 Å². The maximum atomic E-state index is 12.7. The molecule has 20 heavy (non-hydrogen) atoms. The van der Waals surface area contributed by atoms with Gasteiger partial charge in [0.25, 0.3) is 0 Å². The second-order valence-electron chi connectivity index (χ2n) is 5.07. The van der Waals surface area contributed by atoms with Crippen molar-refractivity contribution in [3.8, 4) is 0 Å². The summed E-state index contributed by atoms with van der Waals surface area (Å²) in [6.45, 7) is 7.99. The first-order valence-corrected chi connectivity index (χ1v) is 8.82. The Bertz CT molecular complexity index is 554. The smallest absolute Gasteiger partial charge is 0.246 e. The maximum Gasteiger partial charge on any atom is 0.246 e. The van der Waals surface area contributed by atoms with Gasteiger partial charge in [0.1, 0.15) is 4.90 Å². The number of rotatable bonds is 7. The number of hydrogen-bond donors (Lipinski definition) is 0. The number of nitrogens with zero attached hydrogens (tertiary/aromatic N) is 3. The van der Waals surface area contributed by atoms with Crippen LogP contribution in [0.25, 0.3) is 0 Å². The first kappa shape index (κ1) is 17.5. The number of hydrogen-bond acceptors (Lipinski definition) is 3. The molecule has 0 bridgehead atoms. The quantitative estimate of drug-likeness (QED) is 0.725. The van der Waals surface area contributed by atoms with Crippen LogP contribution in [0.2, 0.25) is 0 Å². The molecule has 0 saturated heterocycles. The summed E-state index contributed by atoms with van der Waals surface area (Å²) < 4.78 is 28.6. The lowest BCUT2D eigenvalue weighted by molar-refractivity contribution is 0.368. The minimum atomic E-state index is -3.51. The fourth-order valence-corrected chi connectivity index (χ4v) is 4.25. The SMILES string of the molecule is CCCC(C)N(C)S(=O)(=O)c1c(C)nn(CCCl)c1C. The summed E-state index contributed by atoms with van der Waals surface area (Å²) >= 11 is 5.72. The molecule has 0 saturated carbocycles. The van der Waals surface area contributed by atoms with E-state index in [0.717, 1.165) is 12.8 Å². The second-order valence-corrected chi connectivity index (χ2v) is 7.38. The molecule has 5 nitrogen and oxygen atoms in total. The van der Waals surface area contributed by atoms with E-state index in [1.165, 1.54) is 4.31 Å². The highest BCUT2D eigenvalue weighted by Crippen LogP contribution is 2.25. The zero-order valence-corrected chi connectivity index (χ0v) is 14.4. The summed E-state index contributed by atoms with van der Waals surface area (Å²) in [6, 6.07) is -0.0276. The van der Waals surface area contributed by atoms with E-state index in [1.54, 1.807) is 25.6 Å². The van der Waals surface area contributed by atoms with Crippen molar-refractivity contribution in [1.82, 2.24) is 14.1 Å². The molecule has 1 heterocycles. The molecule has 1 aromatic rings. The summed E-state index contributed by atoms with van der Waals surface area (Å²) in [6.07, 6.45) is 1.79. The van der Waals surface area contributed by atoms with Gasteiger partial charge in [-0.1, -0.05) is 13.3 Å². The fraction of sp³-hybridized carbons (Fsp3) is 0.769. The monoisotopic (exact) mass is 321 g/mol. The third kappa shape index (κ3) is 3.35. The lowest BCUT2D eigenvalue weighted by Gasteiger charge is -2.24. The second kappa shape index (κ2) is 6.91. The highest BCUT2D eigenvalue weighted by atomic mass is 35.5. The lowest BCUT2D eigenvalue weighted by Crippen LogP contribution is -2.35. The van der Waals surface area contributed by atoms with Crippen LogP contribution in [-0.4, -0.2) is 41.5 Å². The molecule has 0 aromatic carbocycles. The predicted molar refractivity (Wildman–Crippen MR) is 81.7 cm³/mol. The van der Waals surface area contributed by atoms with Gasteiger partial charge in [-0.3, -0.25) is 4.68 Å². The maximum absolute atomic E-state index is 12.7. The van der Waals surface area contributed by atoms with Gasteiger partial charge in [0.15, 0.2) is 0 Å². The molecule has 1 unspecified atom stereocenters. The highest BCUT2D eigenvalue weighted by molar-refractivity contribution is 7.89. The van der Waals surface area contributed by atoms with Crippen LogP contribution in [0.1, 0.15) is 38.1 Å². The molecule has 0 aliphatic rings. The summed E-state index contributed by atoms with van der Waals surface area (Å²) in [4.78, 5) is 0.313. The fourth-order valence-electron chi connectivity index (χ4n) is 2.33. The highest BCUT2D eigenvalue weighted by Gasteiger charge is 2.30. The van der Waals surface area contributed by atoms with Gasteiger partial charge in [-0.25, -0.2) is 8.42 Å². The summed E-state index contributed by atoms with van der Waals surface area (Å²) in [7, 11) is -1.88. The van der Waals surface area contributed by atoms with Crippen molar-refractivity contribution in [1.29, 1.82) is 0 Å². The van der Waals surface area contributed by atoms with Crippen molar-refractivity contribution < 1.29 is 8.42 Å². The standard InChI is InChI=1S/C13H24ClN3O2S/c1-6-7-10(2)16(5)20(18,19)13-11(3)15-17(9-8-14)12(13)4/h10H,6-9H2,1-5H3. The molecule has 1 rings (SSSR count). The average molecular weight is 322 g/mol. The molecule has 1 aromatic heterocycles. The van der Waals surface area contributed by atoms with Crippen LogP contribution in [0.4, 0.5) is 0 Å². The van der Waals surface area contributed by atoms with Crippen LogP contribution in [-0.2, 0) is 16.6 Å². The topological polar surface area (TPSA) is 55.2 Å². The van der Waals surface area contributed by atoms with Gasteiger partial charge >= 0.3 is 0 Å². The van der Waals surface area contributed by atoms with E-state index in [0.29, 0.717) is 28.7 Å². The van der Waals surface area contributed by atoms with Crippen LogP contribution in [0.5, 0.6) is 0 Å². The van der Waals surface area contributed by atoms with E-state index in [9.17, 15) is 8.42 Å². The molecule has 0 spiro atoms. The summed E-state index contributed by atoms with van der Waals surface area (Å²) in [5, 5.41) is 4.28. The zero-order chi connectivity index (χ0) is 15.5. The predicted octanol–water partition coefficient (Wildman–Crippen LogP) is 2.55. The van der Waals surface area contributed by atoms with E-state index >= 15 is 0 Å². The molecular weight excluding hydrogens is 298 g/mol. The first-order valence-electron chi connectivity index (χ1n) is 6.85. The van der Waals surface area contributed by atoms with Gasteiger partial charge in [0, 0.05) is 19.0 Å². The number of halogens is 1. The molecule has 0 aliphatic carbocycles. The molecule has 1 atom stereocenters. The van der Waals surface area contributed by atoms with Crippen molar-refractivity contribution in [3.05, 3.63) is 11.4 Å². The summed E-state index contributed by atoms with van der Waals surface area (Å²) in [5.74, 6) is 0.406. The Morgan fingerprint density at radius 1 is 1.40 bits per heavy atom. The molecule has 0 aliphatic heterocycles. The van der Waals surface area contributed by atoms with Crippen molar-refractivity contribution in [2.45, 2.75) is 58.0 Å². The Labute approximate surface area is 127 Å². The van der Waals surface area contributed by atoms with Crippen molar-refractivity contribution in [3.63, 3.8) is 0 Å². The number of aryl methyl sites for hydroxylation is 2. The first-order chi connectivity index (χ1) is 9.27.